The van der Waals surface area contributed by atoms with E-state index in [-0.39, 0.29) is 5.15 Å². The second-order valence-corrected chi connectivity index (χ2v) is 6.93. The van der Waals surface area contributed by atoms with Crippen LogP contribution in [-0.2, 0) is 9.53 Å². The number of rotatable bonds is 4. The number of carbonyl (C=O) groups excluding carboxylic acids is 2. The first kappa shape index (κ1) is 18.9. The fraction of sp³-hybridized carbons (Fsp3) is 0.0870. The van der Waals surface area contributed by atoms with Gasteiger partial charge in [0, 0.05) is 6.20 Å². The lowest BCUT2D eigenvalue weighted by Gasteiger charge is -2.16. The maximum atomic E-state index is 13.1. The van der Waals surface area contributed by atoms with Crippen LogP contribution < -0.4 is 5.32 Å². The summed E-state index contributed by atoms with van der Waals surface area (Å²) in [7, 11) is 0. The molecule has 0 fully saturated rings. The van der Waals surface area contributed by atoms with Crippen molar-refractivity contribution in [2.45, 2.75) is 13.0 Å². The highest BCUT2D eigenvalue weighted by molar-refractivity contribution is 6.32. The van der Waals surface area contributed by atoms with Crippen molar-refractivity contribution in [1.82, 2.24) is 4.98 Å². The van der Waals surface area contributed by atoms with E-state index in [1.54, 1.807) is 12.1 Å². The number of amides is 1. The topological polar surface area (TPSA) is 68.3 Å². The summed E-state index contributed by atoms with van der Waals surface area (Å²) in [6.07, 6.45) is 0.504. The molecule has 29 heavy (non-hydrogen) atoms. The van der Waals surface area contributed by atoms with Gasteiger partial charge < -0.3 is 10.1 Å². The minimum Gasteiger partial charge on any atom is -0.449 e. The van der Waals surface area contributed by atoms with Crippen molar-refractivity contribution in [3.05, 3.63) is 83.6 Å². The molecule has 6 heteroatoms. The molecule has 0 aliphatic carbocycles. The lowest BCUT2D eigenvalue weighted by atomic mass is 9.97. The van der Waals surface area contributed by atoms with Crippen LogP contribution in [0.3, 0.4) is 0 Å². The van der Waals surface area contributed by atoms with E-state index in [0.29, 0.717) is 11.3 Å². The summed E-state index contributed by atoms with van der Waals surface area (Å²) < 4.78 is 5.51. The summed E-state index contributed by atoms with van der Waals surface area (Å²) in [5, 5.41) is 6.21. The monoisotopic (exact) mass is 404 g/mol. The number of nitrogens with one attached hydrogen (secondary N) is 1. The van der Waals surface area contributed by atoms with Crippen molar-refractivity contribution < 1.29 is 14.3 Å². The Labute approximate surface area is 172 Å². The fourth-order valence-corrected chi connectivity index (χ4v) is 3.39. The average Bonchev–Trinajstić information content (AvgIpc) is 2.73. The van der Waals surface area contributed by atoms with Gasteiger partial charge in [0.05, 0.1) is 11.3 Å². The molecular weight excluding hydrogens is 388 g/mol. The van der Waals surface area contributed by atoms with Gasteiger partial charge in [-0.05, 0) is 46.7 Å². The number of ether oxygens (including phenoxy) is 1. The third-order valence-corrected chi connectivity index (χ3v) is 4.95. The molecule has 3 aromatic carbocycles. The van der Waals surface area contributed by atoms with Crippen molar-refractivity contribution in [3.63, 3.8) is 0 Å². The van der Waals surface area contributed by atoms with E-state index >= 15 is 0 Å². The van der Waals surface area contributed by atoms with Gasteiger partial charge in [-0.1, -0.05) is 60.1 Å². The third-order valence-electron chi connectivity index (χ3n) is 4.65. The van der Waals surface area contributed by atoms with Gasteiger partial charge in [-0.2, -0.15) is 0 Å². The SMILES string of the molecule is CC(OC(=O)c1c2ccccc2cc2ccccc12)C(=O)Nc1cccnc1Cl. The number of anilines is 1. The highest BCUT2D eigenvalue weighted by Crippen LogP contribution is 2.29. The number of hydrogen-bond acceptors (Lipinski definition) is 4. The molecule has 0 saturated carbocycles. The van der Waals surface area contributed by atoms with Crippen LogP contribution in [0.5, 0.6) is 0 Å². The molecule has 0 aliphatic heterocycles. The number of hydrogen-bond donors (Lipinski definition) is 1. The van der Waals surface area contributed by atoms with Crippen LogP contribution in [0.2, 0.25) is 5.15 Å². The molecule has 4 rings (SSSR count). The van der Waals surface area contributed by atoms with Gasteiger partial charge in [0.25, 0.3) is 5.91 Å². The average molecular weight is 405 g/mol. The molecule has 1 unspecified atom stereocenters. The highest BCUT2D eigenvalue weighted by Gasteiger charge is 2.23. The minimum atomic E-state index is -1.02. The molecule has 0 saturated heterocycles. The number of carbonyl (C=O) groups is 2. The molecule has 4 aromatic rings. The summed E-state index contributed by atoms with van der Waals surface area (Å²) >= 11 is 5.97. The minimum absolute atomic E-state index is 0.166. The largest absolute Gasteiger partial charge is 0.449 e. The Morgan fingerprint density at radius 2 is 1.59 bits per heavy atom. The second kappa shape index (κ2) is 7.89. The maximum Gasteiger partial charge on any atom is 0.340 e. The smallest absolute Gasteiger partial charge is 0.340 e. The number of benzene rings is 3. The van der Waals surface area contributed by atoms with Crippen LogP contribution in [0.4, 0.5) is 5.69 Å². The van der Waals surface area contributed by atoms with E-state index in [1.165, 1.54) is 13.1 Å². The Morgan fingerprint density at radius 3 is 2.21 bits per heavy atom. The van der Waals surface area contributed by atoms with Gasteiger partial charge in [0.2, 0.25) is 0 Å². The van der Waals surface area contributed by atoms with E-state index < -0.39 is 18.0 Å². The number of nitrogens with zero attached hydrogens (tertiary/aromatic N) is 1. The van der Waals surface area contributed by atoms with Gasteiger partial charge in [-0.3, -0.25) is 4.79 Å². The number of fused-ring (bicyclic) bond motifs is 2. The first-order valence-corrected chi connectivity index (χ1v) is 9.45. The van der Waals surface area contributed by atoms with Crippen LogP contribution >= 0.6 is 11.6 Å². The summed E-state index contributed by atoms with van der Waals surface area (Å²) in [6, 6.07) is 20.5. The Kier molecular flexibility index (Phi) is 5.14. The Balaban J connectivity index is 1.65. The van der Waals surface area contributed by atoms with Crippen LogP contribution in [-0.4, -0.2) is 23.0 Å². The van der Waals surface area contributed by atoms with Gasteiger partial charge >= 0.3 is 5.97 Å². The van der Waals surface area contributed by atoms with Crippen molar-refractivity contribution >= 4 is 50.7 Å². The molecule has 0 bridgehead atoms. The van der Waals surface area contributed by atoms with E-state index in [2.05, 4.69) is 10.3 Å². The number of pyridine rings is 1. The zero-order valence-corrected chi connectivity index (χ0v) is 16.3. The van der Waals surface area contributed by atoms with Crippen LogP contribution in [0.1, 0.15) is 17.3 Å². The molecule has 1 heterocycles. The van der Waals surface area contributed by atoms with Crippen LogP contribution in [0, 0.1) is 0 Å². The van der Waals surface area contributed by atoms with Gasteiger partial charge in [-0.25, -0.2) is 9.78 Å². The molecule has 5 nitrogen and oxygen atoms in total. The maximum absolute atomic E-state index is 13.1. The number of esters is 1. The molecular formula is C23H17ClN2O3. The van der Waals surface area contributed by atoms with Crippen molar-refractivity contribution in [1.29, 1.82) is 0 Å². The van der Waals surface area contributed by atoms with Crippen molar-refractivity contribution in [3.8, 4) is 0 Å². The summed E-state index contributed by atoms with van der Waals surface area (Å²) in [6.45, 7) is 1.52. The second-order valence-electron chi connectivity index (χ2n) is 6.57. The summed E-state index contributed by atoms with van der Waals surface area (Å²) in [5.74, 6) is -1.05. The van der Waals surface area contributed by atoms with Crippen molar-refractivity contribution in [2.75, 3.05) is 5.32 Å². The lowest BCUT2D eigenvalue weighted by molar-refractivity contribution is -0.123. The Bertz CT molecular complexity index is 1190. The molecule has 1 aromatic heterocycles. The number of halogens is 1. The van der Waals surface area contributed by atoms with E-state index in [9.17, 15) is 9.59 Å². The quantitative estimate of drug-likeness (QED) is 0.287. The lowest BCUT2D eigenvalue weighted by Crippen LogP contribution is -2.30. The van der Waals surface area contributed by atoms with E-state index in [4.69, 9.17) is 16.3 Å². The normalized spacial score (nSPS) is 11.9. The molecule has 0 radical (unpaired) electrons. The van der Waals surface area contributed by atoms with Gasteiger partial charge in [0.1, 0.15) is 0 Å². The fourth-order valence-electron chi connectivity index (χ4n) is 3.22. The summed E-state index contributed by atoms with van der Waals surface area (Å²) in [5.41, 5.74) is 0.801. The molecule has 1 N–H and O–H groups in total. The van der Waals surface area contributed by atoms with Gasteiger partial charge in [-0.15, -0.1) is 0 Å². The predicted molar refractivity (Wildman–Crippen MR) is 114 cm³/mol. The zero-order valence-electron chi connectivity index (χ0n) is 15.6. The predicted octanol–water partition coefficient (Wildman–Crippen LogP) is 5.23. The van der Waals surface area contributed by atoms with Crippen LogP contribution in [0.15, 0.2) is 72.9 Å². The molecule has 1 atom stereocenters. The highest BCUT2D eigenvalue weighted by atomic mass is 35.5. The number of aromatic nitrogens is 1. The van der Waals surface area contributed by atoms with E-state index in [1.807, 2.05) is 54.6 Å². The first-order chi connectivity index (χ1) is 14.0. The zero-order chi connectivity index (χ0) is 20.4. The summed E-state index contributed by atoms with van der Waals surface area (Å²) in [4.78, 5) is 29.5. The van der Waals surface area contributed by atoms with E-state index in [0.717, 1.165) is 21.5 Å². The third kappa shape index (κ3) is 3.77. The molecule has 144 valence electrons. The molecule has 1 amide bonds. The Hall–Kier alpha value is -3.44. The van der Waals surface area contributed by atoms with Crippen LogP contribution in [0.25, 0.3) is 21.5 Å². The standard InChI is InChI=1S/C23H17ClN2O3/c1-14(22(27)26-19-11-6-12-25-21(19)24)29-23(28)20-17-9-4-2-7-15(17)13-16-8-3-5-10-18(16)20/h2-14H,1H3,(H,26,27). The van der Waals surface area contributed by atoms with Crippen molar-refractivity contribution in [2.24, 2.45) is 0 Å². The molecule has 0 spiro atoms. The first-order valence-electron chi connectivity index (χ1n) is 9.07. The Morgan fingerprint density at radius 1 is 0.966 bits per heavy atom. The van der Waals surface area contributed by atoms with Gasteiger partial charge in [0.15, 0.2) is 11.3 Å². The molecule has 0 aliphatic rings.